The molecule has 1 fully saturated rings. The summed E-state index contributed by atoms with van der Waals surface area (Å²) in [6.07, 6.45) is 11.7. The molecule has 2 rings (SSSR count). The molecule has 1 saturated carbocycles. The zero-order chi connectivity index (χ0) is 13.3. The minimum atomic E-state index is 0.0694. The molecule has 1 N–H and O–H groups in total. The van der Waals surface area contributed by atoms with Gasteiger partial charge in [-0.15, -0.1) is 0 Å². The Labute approximate surface area is 115 Å². The largest absolute Gasteiger partial charge is 0.350 e. The van der Waals surface area contributed by atoms with Gasteiger partial charge in [-0.25, -0.2) is 0 Å². The number of aryl methyl sites for hydroxylation is 1. The summed E-state index contributed by atoms with van der Waals surface area (Å²) < 4.78 is 0. The molecule has 0 aromatic heterocycles. The van der Waals surface area contributed by atoms with Gasteiger partial charge in [0.15, 0.2) is 0 Å². The topological polar surface area (TPSA) is 29.1 Å². The second kappa shape index (κ2) is 7.78. The predicted molar refractivity (Wildman–Crippen MR) is 78.9 cm³/mol. The van der Waals surface area contributed by atoms with Gasteiger partial charge in [-0.1, -0.05) is 55.7 Å². The molecule has 1 aromatic carbocycles. The highest BCUT2D eigenvalue weighted by molar-refractivity contribution is 5.87. The lowest BCUT2D eigenvalue weighted by Gasteiger charge is -2.21. The van der Waals surface area contributed by atoms with Crippen LogP contribution in [0.15, 0.2) is 42.5 Å². The number of hydrogen-bond donors (Lipinski definition) is 1. The van der Waals surface area contributed by atoms with E-state index in [1.807, 2.05) is 12.1 Å². The van der Waals surface area contributed by atoms with Crippen molar-refractivity contribution in [3.8, 4) is 0 Å². The molecule has 0 saturated heterocycles. The van der Waals surface area contributed by atoms with Crippen LogP contribution in [0.5, 0.6) is 0 Å². The maximum Gasteiger partial charge on any atom is 0.243 e. The van der Waals surface area contributed by atoms with Crippen molar-refractivity contribution in [2.45, 2.75) is 51.0 Å². The molecule has 19 heavy (non-hydrogen) atoms. The maximum absolute atomic E-state index is 11.7. The first-order valence-electron chi connectivity index (χ1n) is 7.35. The van der Waals surface area contributed by atoms with Gasteiger partial charge in [-0.2, -0.15) is 0 Å². The van der Waals surface area contributed by atoms with E-state index < -0.39 is 0 Å². The number of allylic oxidation sites excluding steroid dienone is 1. The van der Waals surface area contributed by atoms with Crippen LogP contribution in [0, 0.1) is 0 Å². The van der Waals surface area contributed by atoms with Crippen LogP contribution in [0.1, 0.15) is 44.1 Å². The minimum absolute atomic E-state index is 0.0694. The van der Waals surface area contributed by atoms with Crippen molar-refractivity contribution in [2.75, 3.05) is 0 Å². The molecule has 0 aliphatic heterocycles. The lowest BCUT2D eigenvalue weighted by molar-refractivity contribution is -0.117. The fourth-order valence-corrected chi connectivity index (χ4v) is 2.58. The Bertz CT molecular complexity index is 405. The smallest absolute Gasteiger partial charge is 0.243 e. The zero-order valence-electron chi connectivity index (χ0n) is 11.5. The third-order valence-electron chi connectivity index (χ3n) is 3.66. The van der Waals surface area contributed by atoms with Gasteiger partial charge in [0.25, 0.3) is 0 Å². The van der Waals surface area contributed by atoms with Gasteiger partial charge in [0, 0.05) is 6.04 Å². The number of amides is 1. The SMILES string of the molecule is O=C(/C=C/CCc1ccccc1)NC1CCCCC1. The van der Waals surface area contributed by atoms with Gasteiger partial charge in [-0.05, 0) is 37.3 Å². The molecule has 0 atom stereocenters. The molecule has 2 nitrogen and oxygen atoms in total. The van der Waals surface area contributed by atoms with Gasteiger partial charge in [0.05, 0.1) is 0 Å². The molecule has 102 valence electrons. The zero-order valence-corrected chi connectivity index (χ0v) is 11.5. The number of rotatable bonds is 5. The number of carbonyl (C=O) groups is 1. The summed E-state index contributed by atoms with van der Waals surface area (Å²) in [5, 5.41) is 3.09. The third-order valence-corrected chi connectivity index (χ3v) is 3.66. The molecular weight excluding hydrogens is 234 g/mol. The number of benzene rings is 1. The molecule has 0 spiro atoms. The molecule has 1 aromatic rings. The Balaban J connectivity index is 1.65. The van der Waals surface area contributed by atoms with Crippen LogP contribution in [0.3, 0.4) is 0 Å². The van der Waals surface area contributed by atoms with E-state index in [0.29, 0.717) is 6.04 Å². The monoisotopic (exact) mass is 257 g/mol. The second-order valence-corrected chi connectivity index (χ2v) is 5.27. The van der Waals surface area contributed by atoms with E-state index in [1.54, 1.807) is 6.08 Å². The van der Waals surface area contributed by atoms with Crippen LogP contribution in [0.25, 0.3) is 0 Å². The Kier molecular flexibility index (Phi) is 5.67. The Morgan fingerprint density at radius 3 is 2.63 bits per heavy atom. The summed E-state index contributed by atoms with van der Waals surface area (Å²) in [5.41, 5.74) is 1.32. The second-order valence-electron chi connectivity index (χ2n) is 5.27. The van der Waals surface area contributed by atoms with Crippen LogP contribution in [-0.4, -0.2) is 11.9 Å². The molecule has 2 heteroatoms. The fourth-order valence-electron chi connectivity index (χ4n) is 2.58. The Morgan fingerprint density at radius 1 is 1.16 bits per heavy atom. The van der Waals surface area contributed by atoms with Crippen molar-refractivity contribution in [1.29, 1.82) is 0 Å². The van der Waals surface area contributed by atoms with E-state index in [2.05, 4.69) is 29.6 Å². The minimum Gasteiger partial charge on any atom is -0.350 e. The predicted octanol–water partition coefficient (Wildman–Crippen LogP) is 3.62. The van der Waals surface area contributed by atoms with E-state index >= 15 is 0 Å². The van der Waals surface area contributed by atoms with Crippen molar-refractivity contribution in [2.24, 2.45) is 0 Å². The first kappa shape index (κ1) is 13.9. The summed E-state index contributed by atoms with van der Waals surface area (Å²) >= 11 is 0. The van der Waals surface area contributed by atoms with Crippen LogP contribution in [-0.2, 0) is 11.2 Å². The van der Waals surface area contributed by atoms with E-state index in [-0.39, 0.29) is 5.91 Å². The average Bonchev–Trinajstić information content (AvgIpc) is 2.46. The molecule has 1 aliphatic carbocycles. The van der Waals surface area contributed by atoms with Crippen LogP contribution in [0.2, 0.25) is 0 Å². The summed E-state index contributed by atoms with van der Waals surface area (Å²) in [6.45, 7) is 0. The van der Waals surface area contributed by atoms with E-state index in [1.165, 1.54) is 24.8 Å². The van der Waals surface area contributed by atoms with Crippen molar-refractivity contribution in [3.05, 3.63) is 48.0 Å². The highest BCUT2D eigenvalue weighted by Crippen LogP contribution is 2.17. The molecule has 0 radical (unpaired) electrons. The summed E-state index contributed by atoms with van der Waals surface area (Å²) in [6, 6.07) is 10.8. The van der Waals surface area contributed by atoms with Crippen LogP contribution < -0.4 is 5.32 Å². The fraction of sp³-hybridized carbons (Fsp3) is 0.471. The van der Waals surface area contributed by atoms with Crippen molar-refractivity contribution >= 4 is 5.91 Å². The van der Waals surface area contributed by atoms with Gasteiger partial charge in [-0.3, -0.25) is 4.79 Å². The highest BCUT2D eigenvalue weighted by atomic mass is 16.1. The highest BCUT2D eigenvalue weighted by Gasteiger charge is 2.13. The number of hydrogen-bond acceptors (Lipinski definition) is 1. The summed E-state index contributed by atoms with van der Waals surface area (Å²) in [4.78, 5) is 11.7. The Hall–Kier alpha value is -1.57. The van der Waals surface area contributed by atoms with Gasteiger partial charge < -0.3 is 5.32 Å². The number of nitrogens with one attached hydrogen (secondary N) is 1. The molecule has 0 unspecified atom stereocenters. The van der Waals surface area contributed by atoms with E-state index in [9.17, 15) is 4.79 Å². The van der Waals surface area contributed by atoms with Crippen LogP contribution >= 0.6 is 0 Å². The summed E-state index contributed by atoms with van der Waals surface area (Å²) in [7, 11) is 0. The first-order valence-corrected chi connectivity index (χ1v) is 7.35. The summed E-state index contributed by atoms with van der Waals surface area (Å²) in [5.74, 6) is 0.0694. The molecular formula is C17H23NO. The molecule has 0 heterocycles. The van der Waals surface area contributed by atoms with Crippen molar-refractivity contribution in [1.82, 2.24) is 5.32 Å². The van der Waals surface area contributed by atoms with Gasteiger partial charge in [0.1, 0.15) is 0 Å². The molecule has 1 amide bonds. The van der Waals surface area contributed by atoms with Gasteiger partial charge >= 0.3 is 0 Å². The third kappa shape index (κ3) is 5.29. The van der Waals surface area contributed by atoms with E-state index in [4.69, 9.17) is 0 Å². The normalized spacial score (nSPS) is 16.6. The van der Waals surface area contributed by atoms with Crippen LogP contribution in [0.4, 0.5) is 0 Å². The average molecular weight is 257 g/mol. The van der Waals surface area contributed by atoms with Crippen molar-refractivity contribution in [3.63, 3.8) is 0 Å². The maximum atomic E-state index is 11.7. The van der Waals surface area contributed by atoms with Gasteiger partial charge in [0.2, 0.25) is 5.91 Å². The number of carbonyl (C=O) groups excluding carboxylic acids is 1. The lowest BCUT2D eigenvalue weighted by Crippen LogP contribution is -2.35. The standard InChI is InChI=1S/C17H23NO/c19-17(18-16-12-5-2-6-13-16)14-8-7-11-15-9-3-1-4-10-15/h1,3-4,8-10,14,16H,2,5-7,11-13H2,(H,18,19)/b14-8+. The lowest BCUT2D eigenvalue weighted by atomic mass is 9.95. The van der Waals surface area contributed by atoms with Crippen molar-refractivity contribution < 1.29 is 4.79 Å². The first-order chi connectivity index (χ1) is 9.34. The molecule has 0 bridgehead atoms. The Morgan fingerprint density at radius 2 is 1.89 bits per heavy atom. The molecule has 1 aliphatic rings. The quantitative estimate of drug-likeness (QED) is 0.802. The van der Waals surface area contributed by atoms with E-state index in [0.717, 1.165) is 25.7 Å².